The van der Waals surface area contributed by atoms with Crippen LogP contribution in [0.25, 0.3) is 16.6 Å². The molecule has 1 aliphatic rings. The van der Waals surface area contributed by atoms with E-state index in [0.717, 1.165) is 19.0 Å². The highest BCUT2D eigenvalue weighted by Gasteiger charge is 2.30. The number of anilines is 1. The Morgan fingerprint density at radius 1 is 1.38 bits per heavy atom. The van der Waals surface area contributed by atoms with E-state index >= 15 is 0 Å². The van der Waals surface area contributed by atoms with Crippen molar-refractivity contribution < 1.29 is 9.18 Å². The van der Waals surface area contributed by atoms with Gasteiger partial charge in [-0.15, -0.1) is 0 Å². The van der Waals surface area contributed by atoms with Crippen LogP contribution in [0.2, 0.25) is 0 Å². The van der Waals surface area contributed by atoms with Crippen LogP contribution < -0.4 is 5.32 Å². The van der Waals surface area contributed by atoms with Crippen LogP contribution in [0.4, 0.5) is 10.2 Å². The van der Waals surface area contributed by atoms with E-state index in [-0.39, 0.29) is 17.5 Å². The fraction of sp³-hybridized carbons (Fsp3) is 0.176. The average Bonchev–Trinajstić information content (AvgIpc) is 3.36. The van der Waals surface area contributed by atoms with Crippen LogP contribution >= 0.6 is 0 Å². The van der Waals surface area contributed by atoms with Crippen molar-refractivity contribution >= 4 is 17.2 Å². The van der Waals surface area contributed by atoms with Gasteiger partial charge in [-0.3, -0.25) is 4.79 Å². The molecule has 1 aliphatic carbocycles. The summed E-state index contributed by atoms with van der Waals surface area (Å²) in [6, 6.07) is 8.49. The van der Waals surface area contributed by atoms with E-state index in [9.17, 15) is 9.18 Å². The van der Waals surface area contributed by atoms with E-state index in [0.29, 0.717) is 22.5 Å². The largest absolute Gasteiger partial charge is 0.309 e. The Labute approximate surface area is 136 Å². The third kappa shape index (κ3) is 2.58. The van der Waals surface area contributed by atoms with Gasteiger partial charge < -0.3 is 5.32 Å². The van der Waals surface area contributed by atoms with Gasteiger partial charge in [0.2, 0.25) is 5.91 Å². The zero-order valence-corrected chi connectivity index (χ0v) is 12.5. The molecule has 0 spiro atoms. The Morgan fingerprint density at radius 2 is 2.21 bits per heavy atom. The summed E-state index contributed by atoms with van der Waals surface area (Å²) in [5.74, 6) is 0.0512. The number of aromatic nitrogens is 3. The molecule has 0 atom stereocenters. The molecule has 3 heterocycles. The second kappa shape index (κ2) is 5.42. The number of nitrogens with one attached hydrogen (secondary N) is 1. The van der Waals surface area contributed by atoms with E-state index in [1.807, 2.05) is 6.07 Å². The number of nitriles is 1. The fourth-order valence-corrected chi connectivity index (χ4v) is 2.52. The van der Waals surface area contributed by atoms with Crippen molar-refractivity contribution in [2.75, 3.05) is 5.32 Å². The first-order valence-corrected chi connectivity index (χ1v) is 7.50. The Balaban J connectivity index is 1.70. The van der Waals surface area contributed by atoms with Gasteiger partial charge >= 0.3 is 0 Å². The first-order valence-electron chi connectivity index (χ1n) is 7.50. The van der Waals surface area contributed by atoms with E-state index in [1.54, 1.807) is 28.9 Å². The van der Waals surface area contributed by atoms with Gasteiger partial charge in [0.15, 0.2) is 5.82 Å². The topological polar surface area (TPSA) is 83.1 Å². The van der Waals surface area contributed by atoms with E-state index in [4.69, 9.17) is 5.26 Å². The number of pyridine rings is 2. The molecule has 7 heteroatoms. The molecule has 1 N–H and O–H groups in total. The number of hydrogen-bond donors (Lipinski definition) is 1. The van der Waals surface area contributed by atoms with Crippen molar-refractivity contribution in [3.05, 3.63) is 48.2 Å². The maximum absolute atomic E-state index is 14.0. The van der Waals surface area contributed by atoms with Gasteiger partial charge in [0.05, 0.1) is 11.7 Å². The van der Waals surface area contributed by atoms with Crippen molar-refractivity contribution in [2.45, 2.75) is 12.8 Å². The lowest BCUT2D eigenvalue weighted by Gasteiger charge is -2.04. The highest BCUT2D eigenvalue weighted by Crippen LogP contribution is 2.30. The Bertz CT molecular complexity index is 1000. The van der Waals surface area contributed by atoms with Crippen molar-refractivity contribution in [2.24, 2.45) is 5.92 Å². The van der Waals surface area contributed by atoms with Gasteiger partial charge in [-0.2, -0.15) is 10.4 Å². The van der Waals surface area contributed by atoms with Crippen LogP contribution in [0.15, 0.2) is 36.7 Å². The highest BCUT2D eigenvalue weighted by molar-refractivity contribution is 5.93. The summed E-state index contributed by atoms with van der Waals surface area (Å²) in [7, 11) is 0. The maximum atomic E-state index is 14.0. The van der Waals surface area contributed by atoms with Gasteiger partial charge in [0.25, 0.3) is 0 Å². The summed E-state index contributed by atoms with van der Waals surface area (Å²) in [4.78, 5) is 15.5. The Morgan fingerprint density at radius 3 is 2.96 bits per heavy atom. The molecule has 0 aromatic carbocycles. The SMILES string of the molecule is N#Cc1cc(-c2ccn3nc(NC(=O)C4CC4)cc3c2)c(F)cn1. The molecule has 0 unspecified atom stereocenters. The third-order valence-electron chi connectivity index (χ3n) is 3.94. The lowest BCUT2D eigenvalue weighted by Crippen LogP contribution is -2.13. The number of halogens is 1. The van der Waals surface area contributed by atoms with Gasteiger partial charge in [-0.25, -0.2) is 13.9 Å². The summed E-state index contributed by atoms with van der Waals surface area (Å²) in [6.07, 6.45) is 4.57. The molecule has 6 nitrogen and oxygen atoms in total. The second-order valence-corrected chi connectivity index (χ2v) is 5.74. The van der Waals surface area contributed by atoms with Crippen LogP contribution in [0.1, 0.15) is 18.5 Å². The molecule has 3 aromatic heterocycles. The van der Waals surface area contributed by atoms with Gasteiger partial charge in [0, 0.05) is 23.7 Å². The van der Waals surface area contributed by atoms with Crippen molar-refractivity contribution in [1.82, 2.24) is 14.6 Å². The van der Waals surface area contributed by atoms with Crippen LogP contribution in [0.3, 0.4) is 0 Å². The van der Waals surface area contributed by atoms with E-state index < -0.39 is 5.82 Å². The minimum absolute atomic E-state index is 0.0162. The van der Waals surface area contributed by atoms with Crippen LogP contribution in [0, 0.1) is 23.1 Å². The smallest absolute Gasteiger partial charge is 0.228 e. The highest BCUT2D eigenvalue weighted by atomic mass is 19.1. The normalized spacial score (nSPS) is 13.7. The standard InChI is InChI=1S/C17H12FN5O/c18-15-9-20-12(8-19)6-14(15)11-3-4-23-13(5-11)7-16(22-23)21-17(24)10-1-2-10/h3-7,9-10H,1-2H2,(H,21,22,24). The monoisotopic (exact) mass is 321 g/mol. The molecule has 0 bridgehead atoms. The molecule has 1 fully saturated rings. The molecule has 1 saturated carbocycles. The Kier molecular flexibility index (Phi) is 3.24. The number of carbonyl (C=O) groups is 1. The number of nitrogens with zero attached hydrogens (tertiary/aromatic N) is 4. The quantitative estimate of drug-likeness (QED) is 0.804. The van der Waals surface area contributed by atoms with Crippen molar-refractivity contribution in [3.8, 4) is 17.2 Å². The minimum atomic E-state index is -0.500. The van der Waals surface area contributed by atoms with Gasteiger partial charge in [-0.05, 0) is 36.6 Å². The molecule has 24 heavy (non-hydrogen) atoms. The summed E-state index contributed by atoms with van der Waals surface area (Å²) in [6.45, 7) is 0. The zero-order chi connectivity index (χ0) is 16.7. The summed E-state index contributed by atoms with van der Waals surface area (Å²) in [5.41, 5.74) is 1.78. The number of hydrogen-bond acceptors (Lipinski definition) is 4. The number of rotatable bonds is 3. The molecule has 4 rings (SSSR count). The molecular weight excluding hydrogens is 309 g/mol. The number of fused-ring (bicyclic) bond motifs is 1. The third-order valence-corrected chi connectivity index (χ3v) is 3.94. The second-order valence-electron chi connectivity index (χ2n) is 5.74. The summed E-state index contributed by atoms with van der Waals surface area (Å²) < 4.78 is 15.6. The fourth-order valence-electron chi connectivity index (χ4n) is 2.52. The molecule has 0 aliphatic heterocycles. The zero-order valence-electron chi connectivity index (χ0n) is 12.5. The molecule has 0 saturated heterocycles. The van der Waals surface area contributed by atoms with Gasteiger partial charge in [-0.1, -0.05) is 0 Å². The summed E-state index contributed by atoms with van der Waals surface area (Å²) >= 11 is 0. The molecule has 1 amide bonds. The molecular formula is C17H12FN5O. The van der Waals surface area contributed by atoms with Crippen LogP contribution in [-0.2, 0) is 4.79 Å². The lowest BCUT2D eigenvalue weighted by atomic mass is 10.1. The predicted octanol–water partition coefficient (Wildman–Crippen LogP) is 2.76. The first kappa shape index (κ1) is 14.3. The van der Waals surface area contributed by atoms with E-state index in [1.165, 1.54) is 6.07 Å². The molecule has 118 valence electrons. The average molecular weight is 321 g/mol. The van der Waals surface area contributed by atoms with Crippen molar-refractivity contribution in [1.29, 1.82) is 5.26 Å². The Hall–Kier alpha value is -3.27. The minimum Gasteiger partial charge on any atom is -0.309 e. The number of amides is 1. The molecule has 3 aromatic rings. The maximum Gasteiger partial charge on any atom is 0.228 e. The van der Waals surface area contributed by atoms with Crippen LogP contribution in [0.5, 0.6) is 0 Å². The summed E-state index contributed by atoms with van der Waals surface area (Å²) in [5, 5.41) is 16.0. The lowest BCUT2D eigenvalue weighted by molar-refractivity contribution is -0.117. The first-order chi connectivity index (χ1) is 11.6. The van der Waals surface area contributed by atoms with Crippen molar-refractivity contribution in [3.63, 3.8) is 0 Å². The predicted molar refractivity (Wildman–Crippen MR) is 84.4 cm³/mol. The number of carbonyl (C=O) groups excluding carboxylic acids is 1. The van der Waals surface area contributed by atoms with E-state index in [2.05, 4.69) is 15.4 Å². The molecule has 0 radical (unpaired) electrons. The van der Waals surface area contributed by atoms with Crippen LogP contribution in [-0.4, -0.2) is 20.5 Å². The van der Waals surface area contributed by atoms with Gasteiger partial charge in [0.1, 0.15) is 17.6 Å².